The summed E-state index contributed by atoms with van der Waals surface area (Å²) in [5, 5.41) is 8.44. The predicted octanol–water partition coefficient (Wildman–Crippen LogP) is 1.75. The van der Waals surface area contributed by atoms with Crippen molar-refractivity contribution in [3.8, 4) is 0 Å². The molecule has 0 saturated carbocycles. The lowest BCUT2D eigenvalue weighted by Crippen LogP contribution is -2.32. The van der Waals surface area contributed by atoms with Gasteiger partial charge in [-0.3, -0.25) is 4.68 Å². The Hall–Kier alpha value is -1.13. The van der Waals surface area contributed by atoms with Gasteiger partial charge in [0.1, 0.15) is 0 Å². The molecule has 0 amide bonds. The minimum absolute atomic E-state index is 0.117. The van der Waals surface area contributed by atoms with E-state index in [1.54, 1.807) is 11.3 Å². The summed E-state index contributed by atoms with van der Waals surface area (Å²) in [5.41, 5.74) is 8.23. The number of aromatic nitrogens is 2. The van der Waals surface area contributed by atoms with Crippen molar-refractivity contribution in [1.82, 2.24) is 9.78 Å². The van der Waals surface area contributed by atoms with Gasteiger partial charge in [0.2, 0.25) is 0 Å². The molecule has 80 valence electrons. The van der Waals surface area contributed by atoms with Crippen molar-refractivity contribution in [2.75, 3.05) is 6.54 Å². The Labute approximate surface area is 93.5 Å². The molecule has 0 aliphatic heterocycles. The van der Waals surface area contributed by atoms with Crippen molar-refractivity contribution in [3.05, 3.63) is 40.3 Å². The first-order valence-corrected chi connectivity index (χ1v) is 5.83. The lowest BCUT2D eigenvalue weighted by molar-refractivity contribution is 0.585. The van der Waals surface area contributed by atoms with E-state index >= 15 is 0 Å². The number of hydrogen-bond donors (Lipinski definition) is 1. The van der Waals surface area contributed by atoms with Crippen LogP contribution in [0.15, 0.2) is 29.2 Å². The summed E-state index contributed by atoms with van der Waals surface area (Å²) in [5.74, 6) is 0. The van der Waals surface area contributed by atoms with Crippen molar-refractivity contribution < 1.29 is 0 Å². The van der Waals surface area contributed by atoms with E-state index in [0.29, 0.717) is 6.54 Å². The van der Waals surface area contributed by atoms with Gasteiger partial charge in [-0.2, -0.15) is 16.4 Å². The minimum atomic E-state index is -0.117. The zero-order chi connectivity index (χ0) is 10.9. The molecule has 0 saturated heterocycles. The molecule has 0 aromatic carbocycles. The Morgan fingerprint density at radius 1 is 1.53 bits per heavy atom. The fourth-order valence-electron chi connectivity index (χ4n) is 1.69. The van der Waals surface area contributed by atoms with Gasteiger partial charge in [0.15, 0.2) is 0 Å². The van der Waals surface area contributed by atoms with E-state index in [0.717, 1.165) is 0 Å². The van der Waals surface area contributed by atoms with Gasteiger partial charge in [-0.05, 0) is 22.4 Å². The quantitative estimate of drug-likeness (QED) is 0.858. The molecule has 1 unspecified atom stereocenters. The van der Waals surface area contributed by atoms with Gasteiger partial charge >= 0.3 is 0 Å². The fraction of sp³-hybridized carbons (Fsp3) is 0.364. The van der Waals surface area contributed by atoms with Gasteiger partial charge in [-0.25, -0.2) is 0 Å². The molecule has 0 aliphatic carbocycles. The molecule has 0 spiro atoms. The van der Waals surface area contributed by atoms with Crippen molar-refractivity contribution >= 4 is 11.3 Å². The van der Waals surface area contributed by atoms with Gasteiger partial charge in [0, 0.05) is 30.8 Å². The number of rotatable bonds is 3. The highest BCUT2D eigenvalue weighted by molar-refractivity contribution is 7.08. The molecule has 0 radical (unpaired) electrons. The molecular formula is C11H15N3S. The van der Waals surface area contributed by atoms with Crippen LogP contribution in [0.1, 0.15) is 18.1 Å². The van der Waals surface area contributed by atoms with Gasteiger partial charge < -0.3 is 5.73 Å². The highest BCUT2D eigenvalue weighted by Crippen LogP contribution is 2.31. The van der Waals surface area contributed by atoms with Crippen molar-refractivity contribution in [1.29, 1.82) is 0 Å². The molecule has 2 rings (SSSR count). The lowest BCUT2D eigenvalue weighted by atomic mass is 9.79. The van der Waals surface area contributed by atoms with Gasteiger partial charge in [-0.15, -0.1) is 0 Å². The summed E-state index contributed by atoms with van der Waals surface area (Å²) in [7, 11) is 1.92. The Morgan fingerprint density at radius 2 is 2.33 bits per heavy atom. The summed E-state index contributed by atoms with van der Waals surface area (Å²) < 4.78 is 1.82. The van der Waals surface area contributed by atoms with E-state index in [9.17, 15) is 0 Å². The Morgan fingerprint density at radius 3 is 2.80 bits per heavy atom. The van der Waals surface area contributed by atoms with E-state index in [4.69, 9.17) is 5.73 Å². The molecule has 4 heteroatoms. The molecule has 0 bridgehead atoms. The molecule has 0 fully saturated rings. The van der Waals surface area contributed by atoms with Crippen LogP contribution in [0.25, 0.3) is 0 Å². The van der Waals surface area contributed by atoms with E-state index in [1.165, 1.54) is 11.1 Å². The second-order valence-corrected chi connectivity index (χ2v) is 4.73. The highest BCUT2D eigenvalue weighted by atomic mass is 32.1. The van der Waals surface area contributed by atoms with E-state index < -0.39 is 0 Å². The van der Waals surface area contributed by atoms with Crippen LogP contribution in [-0.2, 0) is 12.5 Å². The Kier molecular flexibility index (Phi) is 2.63. The topological polar surface area (TPSA) is 43.8 Å². The molecule has 2 aromatic heterocycles. The molecule has 3 nitrogen and oxygen atoms in total. The van der Waals surface area contributed by atoms with Gasteiger partial charge in [0.25, 0.3) is 0 Å². The first-order valence-electron chi connectivity index (χ1n) is 4.88. The summed E-state index contributed by atoms with van der Waals surface area (Å²) in [6, 6.07) is 2.13. The van der Waals surface area contributed by atoms with Crippen LogP contribution in [0.4, 0.5) is 0 Å². The van der Waals surface area contributed by atoms with E-state index in [2.05, 4.69) is 28.8 Å². The summed E-state index contributed by atoms with van der Waals surface area (Å²) in [6.45, 7) is 2.75. The second kappa shape index (κ2) is 3.79. The monoisotopic (exact) mass is 221 g/mol. The van der Waals surface area contributed by atoms with Crippen LogP contribution in [0.2, 0.25) is 0 Å². The van der Waals surface area contributed by atoms with Gasteiger partial charge in [-0.1, -0.05) is 6.92 Å². The van der Waals surface area contributed by atoms with Crippen LogP contribution < -0.4 is 5.73 Å². The fourth-order valence-corrected chi connectivity index (χ4v) is 2.48. The number of aryl methyl sites for hydroxylation is 1. The molecule has 2 heterocycles. The predicted molar refractivity (Wildman–Crippen MR) is 63.0 cm³/mol. The van der Waals surface area contributed by atoms with Crippen molar-refractivity contribution in [3.63, 3.8) is 0 Å². The normalized spacial score (nSPS) is 15.1. The summed E-state index contributed by atoms with van der Waals surface area (Å²) in [4.78, 5) is 0. The summed E-state index contributed by atoms with van der Waals surface area (Å²) in [6.07, 6.45) is 3.93. The maximum Gasteiger partial charge on any atom is 0.0531 e. The number of thiophene rings is 1. The smallest absolute Gasteiger partial charge is 0.0531 e. The highest BCUT2D eigenvalue weighted by Gasteiger charge is 2.28. The first-order chi connectivity index (χ1) is 7.16. The Balaban J connectivity index is 2.46. The number of nitrogens with two attached hydrogens (primary N) is 1. The average Bonchev–Trinajstić information content (AvgIpc) is 2.87. The van der Waals surface area contributed by atoms with Crippen LogP contribution >= 0.6 is 11.3 Å². The molecule has 2 N–H and O–H groups in total. The largest absolute Gasteiger partial charge is 0.329 e. The van der Waals surface area contributed by atoms with Crippen LogP contribution in [0.3, 0.4) is 0 Å². The number of nitrogens with zero attached hydrogens (tertiary/aromatic N) is 2. The maximum atomic E-state index is 5.91. The second-order valence-electron chi connectivity index (χ2n) is 3.95. The molecule has 15 heavy (non-hydrogen) atoms. The van der Waals surface area contributed by atoms with Crippen molar-refractivity contribution in [2.45, 2.75) is 12.3 Å². The third-order valence-corrected chi connectivity index (χ3v) is 3.59. The van der Waals surface area contributed by atoms with Gasteiger partial charge in [0.05, 0.1) is 6.20 Å². The Bertz CT molecular complexity index is 432. The molecule has 1 atom stereocenters. The molecular weight excluding hydrogens is 206 g/mol. The van der Waals surface area contributed by atoms with E-state index in [1.807, 2.05) is 24.1 Å². The van der Waals surface area contributed by atoms with Crippen LogP contribution in [0.5, 0.6) is 0 Å². The lowest BCUT2D eigenvalue weighted by Gasteiger charge is -2.25. The van der Waals surface area contributed by atoms with E-state index in [-0.39, 0.29) is 5.41 Å². The zero-order valence-electron chi connectivity index (χ0n) is 8.97. The third kappa shape index (κ3) is 1.70. The van der Waals surface area contributed by atoms with Crippen LogP contribution in [-0.4, -0.2) is 16.3 Å². The molecule has 0 aliphatic rings. The standard InChI is InChI=1S/C11H15N3S/c1-11(8-12,9-3-4-15-7-9)10-5-13-14(2)6-10/h3-7H,8,12H2,1-2H3. The SMILES string of the molecule is Cn1cc(C(C)(CN)c2ccsc2)cn1. The molecule has 2 aromatic rings. The minimum Gasteiger partial charge on any atom is -0.329 e. The number of hydrogen-bond acceptors (Lipinski definition) is 3. The van der Waals surface area contributed by atoms with Crippen LogP contribution in [0, 0.1) is 0 Å². The zero-order valence-corrected chi connectivity index (χ0v) is 9.79. The third-order valence-electron chi connectivity index (χ3n) is 2.91. The van der Waals surface area contributed by atoms with Crippen molar-refractivity contribution in [2.24, 2.45) is 12.8 Å². The average molecular weight is 221 g/mol. The maximum absolute atomic E-state index is 5.91. The first kappa shape index (κ1) is 10.4. The summed E-state index contributed by atoms with van der Waals surface area (Å²) >= 11 is 1.70.